The molecule has 1 aromatic carbocycles. The summed E-state index contributed by atoms with van der Waals surface area (Å²) in [6, 6.07) is 5.54. The Morgan fingerprint density at radius 3 is 2.71 bits per heavy atom. The lowest BCUT2D eigenvalue weighted by molar-refractivity contribution is -0.133. The van der Waals surface area contributed by atoms with Crippen molar-refractivity contribution in [3.05, 3.63) is 35.6 Å². The fourth-order valence-corrected chi connectivity index (χ4v) is 3.05. The summed E-state index contributed by atoms with van der Waals surface area (Å²) in [7, 11) is 0. The van der Waals surface area contributed by atoms with Gasteiger partial charge in [-0.05, 0) is 56.4 Å². The molecule has 1 unspecified atom stereocenters. The molecule has 4 nitrogen and oxygen atoms in total. The van der Waals surface area contributed by atoms with Crippen LogP contribution in [0.25, 0.3) is 0 Å². The number of rotatable bonds is 8. The molecule has 24 heavy (non-hydrogen) atoms. The lowest BCUT2D eigenvalue weighted by atomic mass is 9.98. The lowest BCUT2D eigenvalue weighted by Gasteiger charge is -2.32. The van der Waals surface area contributed by atoms with Gasteiger partial charge in [-0.2, -0.15) is 0 Å². The minimum atomic E-state index is -0.353. The molecule has 1 atom stereocenters. The second kappa shape index (κ2) is 9.52. The molecule has 1 aliphatic rings. The highest BCUT2D eigenvalue weighted by Crippen LogP contribution is 2.18. The molecule has 5 heteroatoms. The zero-order chi connectivity index (χ0) is 17.4. The Kier molecular flexibility index (Phi) is 7.37. The van der Waals surface area contributed by atoms with Gasteiger partial charge in [0, 0.05) is 38.1 Å². The number of halogens is 1. The van der Waals surface area contributed by atoms with Gasteiger partial charge in [0.05, 0.1) is 6.61 Å². The number of likely N-dealkylation sites (tertiary alicyclic amines) is 1. The largest absolute Gasteiger partial charge is 0.381 e. The number of amides is 1. The summed E-state index contributed by atoms with van der Waals surface area (Å²) in [5.41, 5.74) is 0.499. The van der Waals surface area contributed by atoms with Crippen LogP contribution in [0.15, 0.2) is 24.3 Å². The van der Waals surface area contributed by atoms with Gasteiger partial charge in [0.2, 0.25) is 5.91 Å². The van der Waals surface area contributed by atoms with Gasteiger partial charge in [-0.3, -0.25) is 9.59 Å². The lowest BCUT2D eigenvalue weighted by Crippen LogP contribution is -2.41. The van der Waals surface area contributed by atoms with Crippen LogP contribution in [0.5, 0.6) is 0 Å². The van der Waals surface area contributed by atoms with Gasteiger partial charge >= 0.3 is 0 Å². The first-order valence-corrected chi connectivity index (χ1v) is 8.74. The molecule has 1 heterocycles. The zero-order valence-electron chi connectivity index (χ0n) is 14.3. The van der Waals surface area contributed by atoms with Crippen molar-refractivity contribution < 1.29 is 18.7 Å². The average molecular weight is 335 g/mol. The predicted octanol–water partition coefficient (Wildman–Crippen LogP) is 3.45. The van der Waals surface area contributed by atoms with Crippen LogP contribution in [0.4, 0.5) is 4.39 Å². The minimum Gasteiger partial charge on any atom is -0.381 e. The van der Waals surface area contributed by atoms with Gasteiger partial charge in [-0.1, -0.05) is 0 Å². The fourth-order valence-electron chi connectivity index (χ4n) is 3.05. The molecule has 0 aliphatic carbocycles. The summed E-state index contributed by atoms with van der Waals surface area (Å²) < 4.78 is 18.3. The first-order valence-electron chi connectivity index (χ1n) is 8.74. The summed E-state index contributed by atoms with van der Waals surface area (Å²) in [4.78, 5) is 26.2. The SMILES string of the molecule is CCOCC1CCCN(C(=O)CCCC(=O)c2ccc(F)cc2)C1. The smallest absolute Gasteiger partial charge is 0.222 e. The van der Waals surface area contributed by atoms with E-state index in [1.165, 1.54) is 24.3 Å². The standard InChI is InChI=1S/C19H26FNO3/c1-2-24-14-15-5-4-12-21(13-15)19(23)7-3-6-18(22)16-8-10-17(20)11-9-16/h8-11,15H,2-7,12-14H2,1H3. The molecular formula is C19H26FNO3. The van der Waals surface area contributed by atoms with Gasteiger partial charge in [-0.15, -0.1) is 0 Å². The molecule has 2 rings (SSSR count). The van der Waals surface area contributed by atoms with Gasteiger partial charge in [0.25, 0.3) is 0 Å². The minimum absolute atomic E-state index is 0.0457. The number of hydrogen-bond donors (Lipinski definition) is 0. The third kappa shape index (κ3) is 5.71. The van der Waals surface area contributed by atoms with E-state index in [2.05, 4.69) is 0 Å². The number of ether oxygens (including phenoxy) is 1. The van der Waals surface area contributed by atoms with Crippen LogP contribution in [-0.2, 0) is 9.53 Å². The van der Waals surface area contributed by atoms with Crippen molar-refractivity contribution in [2.24, 2.45) is 5.92 Å². The van der Waals surface area contributed by atoms with Crippen molar-refractivity contribution in [1.29, 1.82) is 0 Å². The number of carbonyl (C=O) groups excluding carboxylic acids is 2. The predicted molar refractivity (Wildman–Crippen MR) is 90.4 cm³/mol. The van der Waals surface area contributed by atoms with E-state index < -0.39 is 0 Å². The van der Waals surface area contributed by atoms with Crippen LogP contribution < -0.4 is 0 Å². The maximum absolute atomic E-state index is 12.9. The molecule has 1 aromatic rings. The number of benzene rings is 1. The van der Waals surface area contributed by atoms with E-state index in [1.54, 1.807) is 0 Å². The van der Waals surface area contributed by atoms with Gasteiger partial charge in [0.15, 0.2) is 5.78 Å². The molecule has 0 saturated carbocycles. The third-order valence-electron chi connectivity index (χ3n) is 4.39. The second-order valence-electron chi connectivity index (χ2n) is 6.29. The molecule has 1 aliphatic heterocycles. The van der Waals surface area contributed by atoms with Gasteiger partial charge in [0.1, 0.15) is 5.82 Å². The topological polar surface area (TPSA) is 46.6 Å². The molecule has 0 bridgehead atoms. The number of carbonyl (C=O) groups is 2. The first kappa shape index (κ1) is 18.6. The van der Waals surface area contributed by atoms with Crippen LogP contribution in [0.1, 0.15) is 49.4 Å². The number of hydrogen-bond acceptors (Lipinski definition) is 3. The monoisotopic (exact) mass is 335 g/mol. The van der Waals surface area contributed by atoms with E-state index >= 15 is 0 Å². The van der Waals surface area contributed by atoms with E-state index in [9.17, 15) is 14.0 Å². The Bertz CT molecular complexity index is 544. The van der Waals surface area contributed by atoms with E-state index in [0.717, 1.165) is 25.9 Å². The first-order chi connectivity index (χ1) is 11.6. The molecule has 0 spiro atoms. The summed E-state index contributed by atoms with van der Waals surface area (Å²) >= 11 is 0. The molecule has 1 amide bonds. The van der Waals surface area contributed by atoms with Crippen molar-refractivity contribution in [2.75, 3.05) is 26.3 Å². The van der Waals surface area contributed by atoms with Crippen molar-refractivity contribution in [2.45, 2.75) is 39.0 Å². The summed E-state index contributed by atoms with van der Waals surface area (Å²) in [6.45, 7) is 4.95. The Balaban J connectivity index is 1.72. The van der Waals surface area contributed by atoms with E-state index in [0.29, 0.717) is 44.0 Å². The summed E-state index contributed by atoms with van der Waals surface area (Å²) in [5.74, 6) is 0.135. The zero-order valence-corrected chi connectivity index (χ0v) is 14.3. The van der Waals surface area contributed by atoms with Gasteiger partial charge < -0.3 is 9.64 Å². The van der Waals surface area contributed by atoms with Gasteiger partial charge in [-0.25, -0.2) is 4.39 Å². The van der Waals surface area contributed by atoms with Crippen LogP contribution >= 0.6 is 0 Å². The number of ketones is 1. The number of piperidine rings is 1. The summed E-state index contributed by atoms with van der Waals surface area (Å²) in [5, 5.41) is 0. The van der Waals surface area contributed by atoms with E-state index in [1.807, 2.05) is 11.8 Å². The van der Waals surface area contributed by atoms with Crippen molar-refractivity contribution in [3.8, 4) is 0 Å². The van der Waals surface area contributed by atoms with Crippen LogP contribution in [0, 0.1) is 11.7 Å². The van der Waals surface area contributed by atoms with Crippen molar-refractivity contribution in [1.82, 2.24) is 4.90 Å². The maximum Gasteiger partial charge on any atom is 0.222 e. The Hall–Kier alpha value is -1.75. The highest BCUT2D eigenvalue weighted by molar-refractivity contribution is 5.96. The Labute approximate surface area is 143 Å². The van der Waals surface area contributed by atoms with Crippen LogP contribution in [0.3, 0.4) is 0 Å². The second-order valence-corrected chi connectivity index (χ2v) is 6.29. The highest BCUT2D eigenvalue weighted by Gasteiger charge is 2.23. The fraction of sp³-hybridized carbons (Fsp3) is 0.579. The van der Waals surface area contributed by atoms with Crippen LogP contribution in [-0.4, -0.2) is 42.9 Å². The maximum atomic E-state index is 12.9. The van der Waals surface area contributed by atoms with E-state index in [4.69, 9.17) is 4.74 Å². The normalized spacial score (nSPS) is 17.8. The third-order valence-corrected chi connectivity index (χ3v) is 4.39. The van der Waals surface area contributed by atoms with Crippen molar-refractivity contribution >= 4 is 11.7 Å². The molecule has 0 aromatic heterocycles. The molecular weight excluding hydrogens is 309 g/mol. The van der Waals surface area contributed by atoms with Crippen LogP contribution in [0.2, 0.25) is 0 Å². The molecule has 0 radical (unpaired) electrons. The molecule has 0 N–H and O–H groups in total. The Morgan fingerprint density at radius 2 is 2.00 bits per heavy atom. The van der Waals surface area contributed by atoms with E-state index in [-0.39, 0.29) is 17.5 Å². The molecule has 1 fully saturated rings. The number of Topliss-reactive ketones (excluding diaryl/α,β-unsaturated/α-hetero) is 1. The summed E-state index contributed by atoms with van der Waals surface area (Å²) in [6.07, 6.45) is 3.34. The Morgan fingerprint density at radius 1 is 1.25 bits per heavy atom. The molecule has 1 saturated heterocycles. The average Bonchev–Trinajstić information content (AvgIpc) is 2.60. The highest BCUT2D eigenvalue weighted by atomic mass is 19.1. The molecule has 132 valence electrons. The van der Waals surface area contributed by atoms with Crippen molar-refractivity contribution in [3.63, 3.8) is 0 Å². The quantitative estimate of drug-likeness (QED) is 0.684. The number of nitrogens with zero attached hydrogens (tertiary/aromatic N) is 1.